The van der Waals surface area contributed by atoms with E-state index in [1.54, 1.807) is 29.3 Å². The highest BCUT2D eigenvalue weighted by Gasteiger charge is 2.48. The van der Waals surface area contributed by atoms with Gasteiger partial charge in [0.05, 0.1) is 22.5 Å². The number of unbranched alkanes of at least 4 members (excludes halogenated alkanes) is 1. The summed E-state index contributed by atoms with van der Waals surface area (Å²) in [6, 6.07) is 28.3. The summed E-state index contributed by atoms with van der Waals surface area (Å²) in [6.45, 7) is 0.406. The lowest BCUT2D eigenvalue weighted by atomic mass is 9.73. The predicted molar refractivity (Wildman–Crippen MR) is 157 cm³/mol. The quantitative estimate of drug-likeness (QED) is 0.123. The molecule has 0 radical (unpaired) electrons. The number of hydrogen-bond acceptors (Lipinski definition) is 6. The van der Waals surface area contributed by atoms with Crippen LogP contribution in [0, 0.1) is 0 Å². The van der Waals surface area contributed by atoms with Gasteiger partial charge in [0.1, 0.15) is 5.41 Å². The molecule has 0 unspecified atom stereocenters. The van der Waals surface area contributed by atoms with Gasteiger partial charge in [-0.25, -0.2) is 4.98 Å². The number of anilines is 1. The fourth-order valence-corrected chi connectivity index (χ4v) is 7.60. The van der Waals surface area contributed by atoms with Crippen LogP contribution in [0.1, 0.15) is 36.1 Å². The summed E-state index contributed by atoms with van der Waals surface area (Å²) >= 11 is 3.46. The summed E-state index contributed by atoms with van der Waals surface area (Å²) in [5, 5.41) is 3.22. The highest BCUT2D eigenvalue weighted by atomic mass is 32.2. The van der Waals surface area contributed by atoms with E-state index in [2.05, 4.69) is 46.7 Å². The second-order valence-electron chi connectivity index (χ2n) is 9.51. The van der Waals surface area contributed by atoms with E-state index in [4.69, 9.17) is 10.7 Å². The Morgan fingerprint density at radius 3 is 2.39 bits per heavy atom. The van der Waals surface area contributed by atoms with Crippen LogP contribution < -0.4 is 11.1 Å². The van der Waals surface area contributed by atoms with Crippen molar-refractivity contribution in [2.45, 2.75) is 35.6 Å². The smallest absolute Gasteiger partial charge is 0.235 e. The lowest BCUT2D eigenvalue weighted by molar-refractivity contribution is -0.125. The molecule has 2 aromatic heterocycles. The van der Waals surface area contributed by atoms with Crippen molar-refractivity contribution in [2.24, 2.45) is 0 Å². The predicted octanol–water partition coefficient (Wildman–Crippen LogP) is 6.82. The molecule has 0 spiro atoms. The number of nitrogens with zero attached hydrogens (tertiary/aromatic N) is 2. The molecule has 2 heterocycles. The summed E-state index contributed by atoms with van der Waals surface area (Å²) in [5.41, 5.74) is 12.3. The number of hydrogen-bond donors (Lipinski definition) is 2. The first kappa shape index (κ1) is 24.6. The SMILES string of the molecule is Nc1ccc2nc(SCCCCC3(C(=O)NCc4ccccn4)c4ccccc4-c4ccccc43)sc2c1. The second kappa shape index (κ2) is 10.6. The number of benzene rings is 3. The van der Waals surface area contributed by atoms with Crippen LogP contribution in [0.15, 0.2) is 95.5 Å². The van der Waals surface area contributed by atoms with Gasteiger partial charge in [-0.15, -0.1) is 11.3 Å². The first-order valence-electron chi connectivity index (χ1n) is 12.8. The molecule has 1 amide bonds. The van der Waals surface area contributed by atoms with Crippen LogP contribution in [0.25, 0.3) is 21.3 Å². The molecule has 5 nitrogen and oxygen atoms in total. The van der Waals surface area contributed by atoms with E-state index < -0.39 is 5.41 Å². The van der Waals surface area contributed by atoms with Crippen molar-refractivity contribution >= 4 is 44.9 Å². The van der Waals surface area contributed by atoms with Crippen LogP contribution in [-0.4, -0.2) is 21.6 Å². The van der Waals surface area contributed by atoms with Gasteiger partial charge in [-0.1, -0.05) is 72.8 Å². The van der Waals surface area contributed by atoms with Crippen LogP contribution in [0.2, 0.25) is 0 Å². The number of pyridine rings is 1. The largest absolute Gasteiger partial charge is 0.399 e. The minimum atomic E-state index is -0.722. The van der Waals surface area contributed by atoms with E-state index in [1.165, 1.54) is 0 Å². The molecule has 1 aliphatic carbocycles. The number of nitrogens with one attached hydrogen (secondary N) is 1. The Hall–Kier alpha value is -3.68. The van der Waals surface area contributed by atoms with Gasteiger partial charge >= 0.3 is 0 Å². The number of carbonyl (C=O) groups is 1. The van der Waals surface area contributed by atoms with Crippen molar-refractivity contribution in [3.05, 3.63) is 108 Å². The van der Waals surface area contributed by atoms with Crippen molar-refractivity contribution < 1.29 is 4.79 Å². The molecule has 7 heteroatoms. The number of fused-ring (bicyclic) bond motifs is 4. The number of rotatable bonds is 9. The lowest BCUT2D eigenvalue weighted by Gasteiger charge is -2.31. The Balaban J connectivity index is 1.21. The molecular formula is C31H28N4OS2. The van der Waals surface area contributed by atoms with Crippen LogP contribution in [-0.2, 0) is 16.8 Å². The summed E-state index contributed by atoms with van der Waals surface area (Å²) in [7, 11) is 0. The van der Waals surface area contributed by atoms with E-state index in [0.717, 1.165) is 73.2 Å². The average molecular weight is 537 g/mol. The van der Waals surface area contributed by atoms with E-state index in [0.29, 0.717) is 6.54 Å². The fraction of sp³-hybridized carbons (Fsp3) is 0.194. The molecule has 3 aromatic carbocycles. The maximum absolute atomic E-state index is 14.1. The number of carbonyl (C=O) groups excluding carboxylic acids is 1. The summed E-state index contributed by atoms with van der Waals surface area (Å²) in [5.74, 6) is 0.988. The van der Waals surface area contributed by atoms with Gasteiger partial charge in [-0.05, 0) is 65.4 Å². The third-order valence-electron chi connectivity index (χ3n) is 7.17. The monoisotopic (exact) mass is 536 g/mol. The minimum absolute atomic E-state index is 0.0389. The highest BCUT2D eigenvalue weighted by Crippen LogP contribution is 2.51. The molecule has 0 saturated heterocycles. The van der Waals surface area contributed by atoms with Gasteiger partial charge in [-0.3, -0.25) is 9.78 Å². The van der Waals surface area contributed by atoms with Crippen molar-refractivity contribution in [2.75, 3.05) is 11.5 Å². The number of nitrogens with two attached hydrogens (primary N) is 1. The normalized spacial score (nSPS) is 13.3. The molecule has 0 aliphatic heterocycles. The molecule has 3 N–H and O–H groups in total. The van der Waals surface area contributed by atoms with Crippen LogP contribution in [0.3, 0.4) is 0 Å². The molecule has 5 aromatic rings. The Morgan fingerprint density at radius 2 is 1.66 bits per heavy atom. The van der Waals surface area contributed by atoms with Crippen molar-refractivity contribution in [3.63, 3.8) is 0 Å². The van der Waals surface area contributed by atoms with Gasteiger partial charge in [0.25, 0.3) is 0 Å². The molecule has 38 heavy (non-hydrogen) atoms. The Labute approximate surface area is 230 Å². The van der Waals surface area contributed by atoms with Crippen molar-refractivity contribution in [3.8, 4) is 11.1 Å². The number of aromatic nitrogens is 2. The third kappa shape index (κ3) is 4.57. The van der Waals surface area contributed by atoms with Gasteiger partial charge in [0.15, 0.2) is 4.34 Å². The topological polar surface area (TPSA) is 80.9 Å². The van der Waals surface area contributed by atoms with Crippen LogP contribution in [0.4, 0.5) is 5.69 Å². The van der Waals surface area contributed by atoms with Crippen LogP contribution >= 0.6 is 23.1 Å². The molecule has 0 saturated carbocycles. The van der Waals surface area contributed by atoms with Gasteiger partial charge in [-0.2, -0.15) is 0 Å². The Kier molecular flexibility index (Phi) is 6.87. The van der Waals surface area contributed by atoms with Gasteiger partial charge in [0.2, 0.25) is 5.91 Å². The van der Waals surface area contributed by atoms with E-state index >= 15 is 0 Å². The number of thioether (sulfide) groups is 1. The molecule has 0 fully saturated rings. The first-order chi connectivity index (χ1) is 18.6. The van der Waals surface area contributed by atoms with E-state index in [1.807, 2.05) is 48.5 Å². The number of thiazole rings is 1. The summed E-state index contributed by atoms with van der Waals surface area (Å²) < 4.78 is 2.18. The van der Waals surface area contributed by atoms with E-state index in [9.17, 15) is 4.79 Å². The maximum Gasteiger partial charge on any atom is 0.235 e. The van der Waals surface area contributed by atoms with E-state index in [-0.39, 0.29) is 5.91 Å². The average Bonchev–Trinajstić information content (AvgIpc) is 3.49. The highest BCUT2D eigenvalue weighted by molar-refractivity contribution is 8.01. The third-order valence-corrected chi connectivity index (χ3v) is 9.42. The molecule has 6 rings (SSSR count). The van der Waals surface area contributed by atoms with Crippen LogP contribution in [0.5, 0.6) is 0 Å². The molecule has 190 valence electrons. The fourth-order valence-electron chi connectivity index (χ4n) is 5.41. The molecular weight excluding hydrogens is 509 g/mol. The first-order valence-corrected chi connectivity index (χ1v) is 14.6. The second-order valence-corrected chi connectivity index (χ2v) is 11.9. The summed E-state index contributed by atoms with van der Waals surface area (Å²) in [4.78, 5) is 23.2. The lowest BCUT2D eigenvalue weighted by Crippen LogP contribution is -2.44. The number of amides is 1. The maximum atomic E-state index is 14.1. The number of nitrogen functional groups attached to an aromatic ring is 1. The Bertz CT molecular complexity index is 1550. The minimum Gasteiger partial charge on any atom is -0.399 e. The van der Waals surface area contributed by atoms with Crippen molar-refractivity contribution in [1.29, 1.82) is 0 Å². The summed E-state index contributed by atoms with van der Waals surface area (Å²) in [6.07, 6.45) is 4.41. The molecule has 0 bridgehead atoms. The zero-order chi connectivity index (χ0) is 26.0. The molecule has 1 aliphatic rings. The Morgan fingerprint density at radius 1 is 0.921 bits per heavy atom. The van der Waals surface area contributed by atoms with Gasteiger partial charge in [0, 0.05) is 17.6 Å². The zero-order valence-electron chi connectivity index (χ0n) is 20.9. The van der Waals surface area contributed by atoms with Crippen molar-refractivity contribution in [1.82, 2.24) is 15.3 Å². The zero-order valence-corrected chi connectivity index (χ0v) is 22.5. The van der Waals surface area contributed by atoms with Gasteiger partial charge < -0.3 is 11.1 Å². The standard InChI is InChI=1S/C31H28N4OS2/c32-21-14-15-27-28(19-21)38-30(35-27)37-18-8-6-16-31(29(36)34-20-22-9-5-7-17-33-22)25-12-3-1-10-23(25)24-11-2-4-13-26(24)31/h1-5,7,9-15,17,19H,6,8,16,18,20,32H2,(H,34,36). The molecule has 0 atom stereocenters.